The zero-order valence-corrected chi connectivity index (χ0v) is 15.4. The molecule has 1 N–H and O–H groups in total. The molecule has 114 valence electrons. The van der Waals surface area contributed by atoms with Gasteiger partial charge in [-0.15, -0.1) is 11.3 Å². The monoisotopic (exact) mass is 367 g/mol. The van der Waals surface area contributed by atoms with Gasteiger partial charge in [0.1, 0.15) is 5.75 Å². The van der Waals surface area contributed by atoms with Crippen LogP contribution in [0.1, 0.15) is 40.8 Å². The van der Waals surface area contributed by atoms with E-state index < -0.39 is 0 Å². The second-order valence-electron chi connectivity index (χ2n) is 5.00. The molecule has 1 unspecified atom stereocenters. The summed E-state index contributed by atoms with van der Waals surface area (Å²) in [7, 11) is 0. The van der Waals surface area contributed by atoms with Gasteiger partial charge in [0, 0.05) is 9.75 Å². The SMILES string of the molecule is CCNC(c1ccc(OCC)c(Br)c1)c1cc(C)c(C)s1. The molecule has 1 aromatic heterocycles. The number of nitrogens with one attached hydrogen (secondary N) is 1. The van der Waals surface area contributed by atoms with E-state index in [-0.39, 0.29) is 6.04 Å². The van der Waals surface area contributed by atoms with E-state index in [2.05, 4.69) is 60.2 Å². The van der Waals surface area contributed by atoms with Crippen LogP contribution >= 0.6 is 27.3 Å². The fourth-order valence-corrected chi connectivity index (χ4v) is 3.96. The molecular formula is C17H22BrNOS. The fourth-order valence-electron chi connectivity index (χ4n) is 2.30. The molecule has 0 saturated carbocycles. The van der Waals surface area contributed by atoms with Crippen molar-refractivity contribution in [3.63, 3.8) is 0 Å². The van der Waals surface area contributed by atoms with Crippen LogP contribution in [-0.2, 0) is 0 Å². The molecule has 2 aromatic rings. The van der Waals surface area contributed by atoms with Crippen molar-refractivity contribution in [3.05, 3.63) is 49.6 Å². The zero-order chi connectivity index (χ0) is 15.4. The van der Waals surface area contributed by atoms with Gasteiger partial charge < -0.3 is 10.1 Å². The maximum Gasteiger partial charge on any atom is 0.133 e. The van der Waals surface area contributed by atoms with E-state index in [0.717, 1.165) is 16.8 Å². The molecule has 1 aromatic carbocycles. The Morgan fingerprint density at radius 1 is 1.24 bits per heavy atom. The first-order valence-corrected chi connectivity index (χ1v) is 8.90. The average molecular weight is 368 g/mol. The molecule has 0 aliphatic carbocycles. The minimum Gasteiger partial charge on any atom is -0.493 e. The van der Waals surface area contributed by atoms with Gasteiger partial charge in [-0.1, -0.05) is 13.0 Å². The highest BCUT2D eigenvalue weighted by molar-refractivity contribution is 9.10. The van der Waals surface area contributed by atoms with E-state index in [1.54, 1.807) is 0 Å². The van der Waals surface area contributed by atoms with Crippen LogP contribution < -0.4 is 10.1 Å². The number of halogens is 1. The maximum absolute atomic E-state index is 5.60. The van der Waals surface area contributed by atoms with Crippen LogP contribution in [-0.4, -0.2) is 13.2 Å². The summed E-state index contributed by atoms with van der Waals surface area (Å²) in [4.78, 5) is 2.75. The standard InChI is InChI=1S/C17H22BrNOS/c1-5-19-17(16-9-11(3)12(4)21-16)13-7-8-15(20-6-2)14(18)10-13/h7-10,17,19H,5-6H2,1-4H3. The lowest BCUT2D eigenvalue weighted by molar-refractivity contribution is 0.338. The van der Waals surface area contributed by atoms with Crippen LogP contribution in [0.25, 0.3) is 0 Å². The number of rotatable bonds is 6. The molecule has 0 radical (unpaired) electrons. The Balaban J connectivity index is 2.36. The number of aryl methyl sites for hydroxylation is 2. The first kappa shape index (κ1) is 16.5. The summed E-state index contributed by atoms with van der Waals surface area (Å²) in [5.41, 5.74) is 2.62. The van der Waals surface area contributed by atoms with Crippen LogP contribution in [0.3, 0.4) is 0 Å². The highest BCUT2D eigenvalue weighted by Crippen LogP contribution is 2.34. The van der Waals surface area contributed by atoms with E-state index >= 15 is 0 Å². The molecule has 1 atom stereocenters. The third kappa shape index (κ3) is 3.87. The van der Waals surface area contributed by atoms with Gasteiger partial charge in [-0.2, -0.15) is 0 Å². The van der Waals surface area contributed by atoms with Gasteiger partial charge in [0.25, 0.3) is 0 Å². The van der Waals surface area contributed by atoms with Crippen LogP contribution in [0, 0.1) is 13.8 Å². The molecule has 21 heavy (non-hydrogen) atoms. The summed E-state index contributed by atoms with van der Waals surface area (Å²) in [5, 5.41) is 3.58. The average Bonchev–Trinajstić information content (AvgIpc) is 2.78. The van der Waals surface area contributed by atoms with E-state index in [1.165, 1.54) is 20.9 Å². The molecule has 0 aliphatic heterocycles. The van der Waals surface area contributed by atoms with Gasteiger partial charge in [-0.25, -0.2) is 0 Å². The summed E-state index contributed by atoms with van der Waals surface area (Å²) in [5.74, 6) is 0.898. The predicted molar refractivity (Wildman–Crippen MR) is 94.6 cm³/mol. The van der Waals surface area contributed by atoms with Crippen molar-refractivity contribution >= 4 is 27.3 Å². The summed E-state index contributed by atoms with van der Waals surface area (Å²) in [6, 6.07) is 8.87. The maximum atomic E-state index is 5.60. The van der Waals surface area contributed by atoms with Crippen LogP contribution in [0.5, 0.6) is 5.75 Å². The van der Waals surface area contributed by atoms with Gasteiger partial charge in [0.15, 0.2) is 0 Å². The van der Waals surface area contributed by atoms with E-state index in [4.69, 9.17) is 4.74 Å². The van der Waals surface area contributed by atoms with Crippen LogP contribution in [0.2, 0.25) is 0 Å². The van der Waals surface area contributed by atoms with Crippen molar-refractivity contribution < 1.29 is 4.74 Å². The topological polar surface area (TPSA) is 21.3 Å². The first-order valence-electron chi connectivity index (χ1n) is 7.29. The first-order chi connectivity index (χ1) is 10.1. The zero-order valence-electron chi connectivity index (χ0n) is 13.0. The smallest absolute Gasteiger partial charge is 0.133 e. The van der Waals surface area contributed by atoms with Gasteiger partial charge in [0.2, 0.25) is 0 Å². The quantitative estimate of drug-likeness (QED) is 0.754. The molecule has 0 saturated heterocycles. The molecule has 0 aliphatic rings. The molecule has 0 fully saturated rings. The van der Waals surface area contributed by atoms with Crippen molar-refractivity contribution in [3.8, 4) is 5.75 Å². The van der Waals surface area contributed by atoms with Crippen molar-refractivity contribution in [1.82, 2.24) is 5.32 Å². The molecule has 2 rings (SSSR count). The molecule has 4 heteroatoms. The summed E-state index contributed by atoms with van der Waals surface area (Å²) >= 11 is 5.48. The van der Waals surface area contributed by atoms with Crippen LogP contribution in [0.15, 0.2) is 28.7 Å². The minimum absolute atomic E-state index is 0.236. The third-order valence-electron chi connectivity index (χ3n) is 3.47. The van der Waals surface area contributed by atoms with Gasteiger partial charge >= 0.3 is 0 Å². The van der Waals surface area contributed by atoms with Gasteiger partial charge in [-0.05, 0) is 72.6 Å². The Morgan fingerprint density at radius 2 is 2.00 bits per heavy atom. The second kappa shape index (κ2) is 7.43. The second-order valence-corrected chi connectivity index (χ2v) is 7.14. The Hall–Kier alpha value is -0.840. The fraction of sp³-hybridized carbons (Fsp3) is 0.412. The third-order valence-corrected chi connectivity index (χ3v) is 5.30. The number of ether oxygens (including phenoxy) is 1. The normalized spacial score (nSPS) is 12.4. The van der Waals surface area contributed by atoms with E-state index in [1.807, 2.05) is 24.3 Å². The van der Waals surface area contributed by atoms with E-state index in [0.29, 0.717) is 6.61 Å². The van der Waals surface area contributed by atoms with Gasteiger partial charge in [0.05, 0.1) is 17.1 Å². The lowest BCUT2D eigenvalue weighted by atomic mass is 10.0. The lowest BCUT2D eigenvalue weighted by Crippen LogP contribution is -2.21. The summed E-state index contributed by atoms with van der Waals surface area (Å²) in [6.45, 7) is 10.1. The summed E-state index contributed by atoms with van der Waals surface area (Å²) < 4.78 is 6.60. The summed E-state index contributed by atoms with van der Waals surface area (Å²) in [6.07, 6.45) is 0. The number of thiophene rings is 1. The molecule has 2 nitrogen and oxygen atoms in total. The lowest BCUT2D eigenvalue weighted by Gasteiger charge is -2.18. The van der Waals surface area contributed by atoms with Crippen LogP contribution in [0.4, 0.5) is 0 Å². The number of hydrogen-bond acceptors (Lipinski definition) is 3. The van der Waals surface area contributed by atoms with Crippen molar-refractivity contribution in [1.29, 1.82) is 0 Å². The Kier molecular flexibility index (Phi) is 5.85. The molecule has 1 heterocycles. The van der Waals surface area contributed by atoms with E-state index in [9.17, 15) is 0 Å². The van der Waals surface area contributed by atoms with Crippen molar-refractivity contribution in [2.45, 2.75) is 33.7 Å². The number of hydrogen-bond donors (Lipinski definition) is 1. The minimum atomic E-state index is 0.236. The Morgan fingerprint density at radius 3 is 2.52 bits per heavy atom. The molecule has 0 spiro atoms. The number of benzene rings is 1. The predicted octanol–water partition coefficient (Wildman–Crippen LogP) is 5.23. The highest BCUT2D eigenvalue weighted by Gasteiger charge is 2.17. The molecule has 0 amide bonds. The Labute approximate surface area is 139 Å². The molecule has 0 bridgehead atoms. The molecular weight excluding hydrogens is 346 g/mol. The van der Waals surface area contributed by atoms with Crippen molar-refractivity contribution in [2.24, 2.45) is 0 Å². The Bertz CT molecular complexity index is 589. The van der Waals surface area contributed by atoms with Crippen molar-refractivity contribution in [2.75, 3.05) is 13.2 Å². The van der Waals surface area contributed by atoms with Gasteiger partial charge in [-0.3, -0.25) is 0 Å². The largest absolute Gasteiger partial charge is 0.493 e. The highest BCUT2D eigenvalue weighted by atomic mass is 79.9.